The van der Waals surface area contributed by atoms with Crippen molar-refractivity contribution in [3.8, 4) is 23.0 Å². The number of carbonyl (C=O) groups excluding carboxylic acids is 2. The molecule has 0 spiro atoms. The maximum absolute atomic E-state index is 12.9. The molecule has 0 fully saturated rings. The van der Waals surface area contributed by atoms with Crippen molar-refractivity contribution in [2.75, 3.05) is 34.0 Å². The Hall–Kier alpha value is -3.62. The van der Waals surface area contributed by atoms with Gasteiger partial charge in [0.2, 0.25) is 0 Å². The second-order valence-corrected chi connectivity index (χ2v) is 10.5. The van der Waals surface area contributed by atoms with E-state index >= 15 is 0 Å². The number of halogens is 1. The van der Waals surface area contributed by atoms with Gasteiger partial charge in [-0.05, 0) is 53.8 Å². The van der Waals surface area contributed by atoms with E-state index in [0.717, 1.165) is 23.3 Å². The number of methoxy groups -OCH3 is 2. The molecular weight excluding hydrogens is 534 g/mol. The molecule has 2 aromatic carbocycles. The first-order valence-corrected chi connectivity index (χ1v) is 13.5. The number of carbonyl (C=O) groups is 2. The summed E-state index contributed by atoms with van der Waals surface area (Å²) in [6.07, 6.45) is 0.844. The van der Waals surface area contributed by atoms with Gasteiger partial charge in [0.15, 0.2) is 34.0 Å². The number of ketones is 2. The van der Waals surface area contributed by atoms with E-state index in [9.17, 15) is 9.59 Å². The predicted octanol–water partition coefficient (Wildman–Crippen LogP) is 6.25. The fourth-order valence-corrected chi connectivity index (χ4v) is 4.66. The molecule has 0 saturated heterocycles. The van der Waals surface area contributed by atoms with Crippen LogP contribution in [0.15, 0.2) is 48.5 Å². The van der Waals surface area contributed by atoms with Crippen LogP contribution in [0.5, 0.6) is 23.0 Å². The minimum atomic E-state index is -0.249. The van der Waals surface area contributed by atoms with Crippen molar-refractivity contribution in [3.05, 3.63) is 76.1 Å². The third kappa shape index (κ3) is 7.11. The number of aromatic nitrogens is 1. The molecule has 0 atom stereocenters. The molecule has 1 aliphatic heterocycles. The minimum Gasteiger partial charge on any atom is -0.497 e. The molecule has 1 aromatic heterocycles. The molecule has 0 amide bonds. The number of hydrogen-bond donors (Lipinski definition) is 0. The smallest absolute Gasteiger partial charge is 0.181 e. The molecule has 9 heteroatoms. The Balaban J connectivity index is 1.29. The highest BCUT2D eigenvalue weighted by atomic mass is 35.5. The number of rotatable bonds is 13. The molecule has 8 nitrogen and oxygen atoms in total. The molecular formula is C31H34ClNO7. The molecule has 40 heavy (non-hydrogen) atoms. The SMILES string of the molecule is COc1ccc(COCCOc2ccc(C(=O)CCC(=O)c3cc4c(c(Cl)n3)OCCC4(C)C)cc2OC)cc1. The number of hydrogen-bond acceptors (Lipinski definition) is 8. The normalized spacial score (nSPS) is 13.6. The summed E-state index contributed by atoms with van der Waals surface area (Å²) in [7, 11) is 3.14. The van der Waals surface area contributed by atoms with Gasteiger partial charge in [-0.1, -0.05) is 37.6 Å². The zero-order chi connectivity index (χ0) is 28.7. The zero-order valence-corrected chi connectivity index (χ0v) is 24.0. The van der Waals surface area contributed by atoms with Crippen molar-refractivity contribution in [3.63, 3.8) is 0 Å². The van der Waals surface area contributed by atoms with Crippen LogP contribution in [0, 0.1) is 0 Å². The number of pyridine rings is 1. The Labute approximate surface area is 239 Å². The second kappa shape index (κ2) is 13.2. The van der Waals surface area contributed by atoms with E-state index in [2.05, 4.69) is 18.8 Å². The highest BCUT2D eigenvalue weighted by molar-refractivity contribution is 6.31. The van der Waals surface area contributed by atoms with Gasteiger partial charge in [0.25, 0.3) is 0 Å². The lowest BCUT2D eigenvalue weighted by Crippen LogP contribution is -2.27. The number of fused-ring (bicyclic) bond motifs is 1. The van der Waals surface area contributed by atoms with E-state index in [0.29, 0.717) is 49.2 Å². The van der Waals surface area contributed by atoms with Crippen LogP contribution in [0.2, 0.25) is 5.15 Å². The van der Waals surface area contributed by atoms with Crippen LogP contribution >= 0.6 is 11.6 Å². The molecule has 0 radical (unpaired) electrons. The van der Waals surface area contributed by atoms with Crippen molar-refractivity contribution >= 4 is 23.2 Å². The van der Waals surface area contributed by atoms with Gasteiger partial charge in [0.05, 0.1) is 34.0 Å². The molecule has 4 rings (SSSR count). The molecule has 0 unspecified atom stereocenters. The van der Waals surface area contributed by atoms with Gasteiger partial charge in [-0.25, -0.2) is 4.98 Å². The van der Waals surface area contributed by atoms with Crippen molar-refractivity contribution in [2.24, 2.45) is 0 Å². The van der Waals surface area contributed by atoms with Crippen LogP contribution in [-0.4, -0.2) is 50.6 Å². The van der Waals surface area contributed by atoms with E-state index in [1.54, 1.807) is 31.4 Å². The van der Waals surface area contributed by atoms with Gasteiger partial charge < -0.3 is 23.7 Å². The Morgan fingerprint density at radius 1 is 0.950 bits per heavy atom. The summed E-state index contributed by atoms with van der Waals surface area (Å²) >= 11 is 6.32. The fraction of sp³-hybridized carbons (Fsp3) is 0.387. The monoisotopic (exact) mass is 567 g/mol. The number of nitrogens with zero attached hydrogens (tertiary/aromatic N) is 1. The van der Waals surface area contributed by atoms with E-state index in [-0.39, 0.29) is 40.7 Å². The van der Waals surface area contributed by atoms with E-state index in [1.165, 1.54) is 7.11 Å². The molecule has 212 valence electrons. The Bertz CT molecular complexity index is 1350. The molecule has 0 saturated carbocycles. The van der Waals surface area contributed by atoms with Crippen LogP contribution < -0.4 is 18.9 Å². The van der Waals surface area contributed by atoms with E-state index in [4.69, 9.17) is 35.3 Å². The highest BCUT2D eigenvalue weighted by Gasteiger charge is 2.32. The van der Waals surface area contributed by atoms with Gasteiger partial charge >= 0.3 is 0 Å². The highest BCUT2D eigenvalue weighted by Crippen LogP contribution is 2.42. The molecule has 3 aromatic rings. The lowest BCUT2D eigenvalue weighted by atomic mass is 9.80. The number of ether oxygens (including phenoxy) is 5. The minimum absolute atomic E-state index is 0.00827. The van der Waals surface area contributed by atoms with Crippen molar-refractivity contribution in [1.29, 1.82) is 0 Å². The zero-order valence-electron chi connectivity index (χ0n) is 23.3. The van der Waals surface area contributed by atoms with Gasteiger partial charge in [-0.2, -0.15) is 0 Å². The van der Waals surface area contributed by atoms with Crippen LogP contribution in [0.1, 0.15) is 65.1 Å². The maximum atomic E-state index is 12.9. The van der Waals surface area contributed by atoms with Gasteiger partial charge in [0.1, 0.15) is 18.1 Å². The van der Waals surface area contributed by atoms with Crippen molar-refractivity contribution in [2.45, 2.75) is 45.1 Å². The van der Waals surface area contributed by atoms with Crippen LogP contribution in [0.25, 0.3) is 0 Å². The quantitative estimate of drug-likeness (QED) is 0.136. The topological polar surface area (TPSA) is 93.2 Å². The summed E-state index contributed by atoms with van der Waals surface area (Å²) < 4.78 is 27.7. The maximum Gasteiger partial charge on any atom is 0.181 e. The summed E-state index contributed by atoms with van der Waals surface area (Å²) in [6.45, 7) is 5.86. The first-order valence-electron chi connectivity index (χ1n) is 13.1. The van der Waals surface area contributed by atoms with Crippen LogP contribution in [-0.2, 0) is 16.8 Å². The third-order valence-electron chi connectivity index (χ3n) is 6.90. The van der Waals surface area contributed by atoms with E-state index in [1.807, 2.05) is 24.3 Å². The van der Waals surface area contributed by atoms with Gasteiger partial charge in [-0.3, -0.25) is 9.59 Å². The van der Waals surface area contributed by atoms with E-state index < -0.39 is 0 Å². The summed E-state index contributed by atoms with van der Waals surface area (Å²) in [5.74, 6) is 1.82. The lowest BCUT2D eigenvalue weighted by Gasteiger charge is -2.32. The second-order valence-electron chi connectivity index (χ2n) is 10.1. The summed E-state index contributed by atoms with van der Waals surface area (Å²) in [6, 6.07) is 14.4. The Morgan fingerprint density at radius 3 is 2.42 bits per heavy atom. The molecule has 0 N–H and O–H groups in total. The van der Waals surface area contributed by atoms with Gasteiger partial charge in [-0.15, -0.1) is 0 Å². The third-order valence-corrected chi connectivity index (χ3v) is 7.15. The average Bonchev–Trinajstić information content (AvgIpc) is 2.96. The van der Waals surface area contributed by atoms with Crippen molar-refractivity contribution < 1.29 is 33.3 Å². The first kappa shape index (κ1) is 29.4. The first-order chi connectivity index (χ1) is 19.2. The van der Waals surface area contributed by atoms with Crippen molar-refractivity contribution in [1.82, 2.24) is 4.98 Å². The molecule has 0 bridgehead atoms. The van der Waals surface area contributed by atoms with Gasteiger partial charge in [0, 0.05) is 24.0 Å². The molecule has 0 aliphatic carbocycles. The fourth-order valence-electron chi connectivity index (χ4n) is 4.41. The molecule has 1 aliphatic rings. The molecule has 2 heterocycles. The largest absolute Gasteiger partial charge is 0.497 e. The average molecular weight is 568 g/mol. The number of Topliss-reactive ketones (excluding diaryl/α,β-unsaturated/α-hetero) is 2. The lowest BCUT2D eigenvalue weighted by molar-refractivity contribution is 0.0878. The summed E-state index contributed by atoms with van der Waals surface area (Å²) in [5, 5.41) is 0.173. The summed E-state index contributed by atoms with van der Waals surface area (Å²) in [4.78, 5) is 30.1. The number of benzene rings is 2. The summed E-state index contributed by atoms with van der Waals surface area (Å²) in [5.41, 5.74) is 2.38. The Kier molecular flexibility index (Phi) is 9.66. The van der Waals surface area contributed by atoms with Crippen LogP contribution in [0.3, 0.4) is 0 Å². The predicted molar refractivity (Wildman–Crippen MR) is 151 cm³/mol. The Morgan fingerprint density at radius 2 is 1.70 bits per heavy atom. The standard InChI is InChI=1S/C31H34ClNO7/c1-31(2)13-14-40-29-23(31)18-24(33-30(29)32)26(35)11-10-25(34)21-7-12-27(28(17-21)37-4)39-16-15-38-19-20-5-8-22(36-3)9-6-20/h5-9,12,17-18H,10-11,13-16,19H2,1-4H3. The van der Waals surface area contributed by atoms with Crippen LogP contribution in [0.4, 0.5) is 0 Å².